The van der Waals surface area contributed by atoms with Crippen molar-refractivity contribution < 1.29 is 17.9 Å². The molecule has 1 aromatic heterocycles. The van der Waals surface area contributed by atoms with E-state index in [1.165, 1.54) is 11.3 Å². The molecule has 0 spiro atoms. The van der Waals surface area contributed by atoms with Crippen LogP contribution in [0.25, 0.3) is 10.2 Å². The molecule has 0 aliphatic carbocycles. The van der Waals surface area contributed by atoms with Crippen LogP contribution in [0.4, 0.5) is 10.8 Å². The van der Waals surface area contributed by atoms with Gasteiger partial charge in [-0.3, -0.25) is 9.52 Å². The van der Waals surface area contributed by atoms with Crippen molar-refractivity contribution in [1.82, 2.24) is 4.98 Å². The van der Waals surface area contributed by atoms with Gasteiger partial charge in [-0.25, -0.2) is 13.4 Å². The molecule has 0 aliphatic rings. The van der Waals surface area contributed by atoms with Gasteiger partial charge in [0.25, 0.3) is 15.9 Å². The summed E-state index contributed by atoms with van der Waals surface area (Å²) in [5, 5.41) is 3.07. The van der Waals surface area contributed by atoms with Crippen LogP contribution in [0.1, 0.15) is 12.5 Å². The lowest BCUT2D eigenvalue weighted by Crippen LogP contribution is -2.30. The fourth-order valence-electron chi connectivity index (χ4n) is 2.94. The third kappa shape index (κ3) is 5.06. The van der Waals surface area contributed by atoms with Gasteiger partial charge < -0.3 is 10.1 Å². The maximum Gasteiger partial charge on any atom is 0.265 e. The lowest BCUT2D eigenvalue weighted by atomic mass is 10.2. The molecule has 0 bridgehead atoms. The standard InChI is InChI=1S/C23H21N3O4S2/c1-15-8-11-19(12-9-15)32(28,29)26-23-25-20-13-10-17(14-21(20)31-23)24-22(27)16(2)30-18-6-4-3-5-7-18/h3-14,16H,1-2H3,(H,24,27)(H,25,26). The van der Waals surface area contributed by atoms with Crippen LogP contribution in [-0.2, 0) is 14.8 Å². The maximum atomic E-state index is 12.6. The Balaban J connectivity index is 1.47. The molecule has 2 N–H and O–H groups in total. The summed E-state index contributed by atoms with van der Waals surface area (Å²) in [6, 6.07) is 20.9. The van der Waals surface area contributed by atoms with Gasteiger partial charge in [0.1, 0.15) is 5.75 Å². The van der Waals surface area contributed by atoms with Gasteiger partial charge in [0.05, 0.1) is 15.1 Å². The third-order valence-electron chi connectivity index (χ3n) is 4.63. The number of carbonyl (C=O) groups excluding carboxylic acids is 1. The number of nitrogens with one attached hydrogen (secondary N) is 2. The Morgan fingerprint density at radius 2 is 1.75 bits per heavy atom. The van der Waals surface area contributed by atoms with Crippen molar-refractivity contribution in [1.29, 1.82) is 0 Å². The molecule has 32 heavy (non-hydrogen) atoms. The van der Waals surface area contributed by atoms with E-state index in [9.17, 15) is 13.2 Å². The Hall–Kier alpha value is -3.43. The predicted octanol–water partition coefficient (Wildman–Crippen LogP) is 4.81. The number of sulfonamides is 1. The summed E-state index contributed by atoms with van der Waals surface area (Å²) in [6.07, 6.45) is -0.688. The van der Waals surface area contributed by atoms with Gasteiger partial charge in [-0.2, -0.15) is 0 Å². The number of nitrogens with zero attached hydrogens (tertiary/aromatic N) is 1. The zero-order valence-electron chi connectivity index (χ0n) is 17.4. The summed E-state index contributed by atoms with van der Waals surface area (Å²) in [6.45, 7) is 3.56. The van der Waals surface area contributed by atoms with E-state index in [4.69, 9.17) is 4.74 Å². The average molecular weight is 468 g/mol. The number of ether oxygens (including phenoxy) is 1. The number of aryl methyl sites for hydroxylation is 1. The average Bonchev–Trinajstić information content (AvgIpc) is 3.15. The summed E-state index contributed by atoms with van der Waals surface area (Å²) >= 11 is 1.19. The second kappa shape index (κ2) is 8.97. The van der Waals surface area contributed by atoms with E-state index in [0.29, 0.717) is 17.0 Å². The van der Waals surface area contributed by atoms with Crippen molar-refractivity contribution in [3.63, 3.8) is 0 Å². The molecule has 1 amide bonds. The number of benzene rings is 3. The van der Waals surface area contributed by atoms with Crippen LogP contribution in [0, 0.1) is 6.92 Å². The molecule has 0 aliphatic heterocycles. The Morgan fingerprint density at radius 3 is 2.47 bits per heavy atom. The first-order valence-electron chi connectivity index (χ1n) is 9.83. The molecule has 0 saturated carbocycles. The number of hydrogen-bond acceptors (Lipinski definition) is 6. The van der Waals surface area contributed by atoms with Crippen molar-refractivity contribution in [3.8, 4) is 5.75 Å². The van der Waals surface area contributed by atoms with Crippen LogP contribution in [0.2, 0.25) is 0 Å². The van der Waals surface area contributed by atoms with Crippen molar-refractivity contribution in [2.45, 2.75) is 24.8 Å². The van der Waals surface area contributed by atoms with Crippen LogP contribution in [0.5, 0.6) is 5.75 Å². The van der Waals surface area contributed by atoms with Gasteiger partial charge in [-0.05, 0) is 56.3 Å². The number of amides is 1. The molecular weight excluding hydrogens is 446 g/mol. The minimum absolute atomic E-state index is 0.169. The minimum Gasteiger partial charge on any atom is -0.481 e. The molecule has 0 saturated heterocycles. The summed E-state index contributed by atoms with van der Waals surface area (Å²) in [7, 11) is -3.74. The number of para-hydroxylation sites is 1. The van der Waals surface area contributed by atoms with Crippen LogP contribution in [0.3, 0.4) is 0 Å². The minimum atomic E-state index is -3.74. The van der Waals surface area contributed by atoms with Gasteiger partial charge in [0.2, 0.25) is 0 Å². The molecule has 9 heteroatoms. The normalized spacial score (nSPS) is 12.3. The SMILES string of the molecule is Cc1ccc(S(=O)(=O)Nc2nc3ccc(NC(=O)C(C)Oc4ccccc4)cc3s2)cc1. The van der Waals surface area contributed by atoms with E-state index in [0.717, 1.165) is 10.3 Å². The van der Waals surface area contributed by atoms with E-state index in [-0.39, 0.29) is 15.9 Å². The molecule has 164 valence electrons. The monoisotopic (exact) mass is 467 g/mol. The first kappa shape index (κ1) is 21.8. The van der Waals surface area contributed by atoms with Crippen LogP contribution in [-0.4, -0.2) is 25.4 Å². The summed E-state index contributed by atoms with van der Waals surface area (Å²) in [4.78, 5) is 17.0. The van der Waals surface area contributed by atoms with Crippen LogP contribution < -0.4 is 14.8 Å². The lowest BCUT2D eigenvalue weighted by Gasteiger charge is -2.14. The van der Waals surface area contributed by atoms with Crippen molar-refractivity contribution in [3.05, 3.63) is 78.4 Å². The van der Waals surface area contributed by atoms with Crippen LogP contribution >= 0.6 is 11.3 Å². The Kier molecular flexibility index (Phi) is 6.11. The number of carbonyl (C=O) groups is 1. The number of thiazole rings is 1. The van der Waals surface area contributed by atoms with E-state index in [1.807, 2.05) is 25.1 Å². The second-order valence-corrected chi connectivity index (χ2v) is 9.90. The highest BCUT2D eigenvalue weighted by Gasteiger charge is 2.18. The van der Waals surface area contributed by atoms with Gasteiger partial charge in [-0.1, -0.05) is 47.2 Å². The largest absolute Gasteiger partial charge is 0.481 e. The van der Waals surface area contributed by atoms with E-state index in [2.05, 4.69) is 15.0 Å². The smallest absolute Gasteiger partial charge is 0.265 e. The van der Waals surface area contributed by atoms with E-state index >= 15 is 0 Å². The topological polar surface area (TPSA) is 97.4 Å². The molecule has 3 aromatic carbocycles. The number of anilines is 2. The third-order valence-corrected chi connectivity index (χ3v) is 7.05. The van der Waals surface area contributed by atoms with Gasteiger partial charge >= 0.3 is 0 Å². The molecule has 7 nitrogen and oxygen atoms in total. The summed E-state index contributed by atoms with van der Waals surface area (Å²) in [5.41, 5.74) is 2.17. The molecule has 0 fully saturated rings. The molecule has 4 rings (SSSR count). The fourth-order valence-corrected chi connectivity index (χ4v) is 5.08. The highest BCUT2D eigenvalue weighted by atomic mass is 32.2. The zero-order chi connectivity index (χ0) is 22.7. The number of hydrogen-bond donors (Lipinski definition) is 2. The molecule has 0 radical (unpaired) electrons. The van der Waals surface area contributed by atoms with Crippen molar-refractivity contribution >= 4 is 48.3 Å². The van der Waals surface area contributed by atoms with E-state index < -0.39 is 16.1 Å². The zero-order valence-corrected chi connectivity index (χ0v) is 19.0. The van der Waals surface area contributed by atoms with Crippen LogP contribution in [0.15, 0.2) is 77.7 Å². The Morgan fingerprint density at radius 1 is 1.03 bits per heavy atom. The van der Waals surface area contributed by atoms with Crippen molar-refractivity contribution in [2.24, 2.45) is 0 Å². The first-order valence-corrected chi connectivity index (χ1v) is 12.1. The molecular formula is C23H21N3O4S2. The lowest BCUT2D eigenvalue weighted by molar-refractivity contribution is -0.122. The van der Waals surface area contributed by atoms with Gasteiger partial charge in [0.15, 0.2) is 11.2 Å². The summed E-state index contributed by atoms with van der Waals surface area (Å²) < 4.78 is 34.1. The molecule has 1 atom stereocenters. The first-order chi connectivity index (χ1) is 15.3. The van der Waals surface area contributed by atoms with E-state index in [1.54, 1.807) is 61.5 Å². The highest BCUT2D eigenvalue weighted by Crippen LogP contribution is 2.30. The fraction of sp³-hybridized carbons (Fsp3) is 0.130. The van der Waals surface area contributed by atoms with Crippen molar-refractivity contribution in [2.75, 3.05) is 10.0 Å². The Bertz CT molecular complexity index is 1350. The summed E-state index contributed by atoms with van der Waals surface area (Å²) in [5.74, 6) is 0.316. The molecule has 4 aromatic rings. The number of fused-ring (bicyclic) bond motifs is 1. The second-order valence-electron chi connectivity index (χ2n) is 7.18. The number of rotatable bonds is 7. The Labute approximate surface area is 190 Å². The van der Waals surface area contributed by atoms with Gasteiger partial charge in [0, 0.05) is 5.69 Å². The molecule has 1 unspecified atom stereocenters. The highest BCUT2D eigenvalue weighted by molar-refractivity contribution is 7.93. The molecule has 1 heterocycles. The maximum absolute atomic E-state index is 12.6. The predicted molar refractivity (Wildman–Crippen MR) is 127 cm³/mol. The van der Waals surface area contributed by atoms with Gasteiger partial charge in [-0.15, -0.1) is 0 Å². The number of aromatic nitrogens is 1. The quantitative estimate of drug-likeness (QED) is 0.406.